The van der Waals surface area contributed by atoms with Gasteiger partial charge in [-0.2, -0.15) is 13.2 Å². The van der Waals surface area contributed by atoms with Crippen LogP contribution in [0.15, 0.2) is 18.2 Å². The van der Waals surface area contributed by atoms with Crippen LogP contribution >= 0.6 is 0 Å². The molecule has 0 atom stereocenters. The quantitative estimate of drug-likeness (QED) is 0.834. The molecule has 0 amide bonds. The molecule has 17 heavy (non-hydrogen) atoms. The Morgan fingerprint density at radius 1 is 1.35 bits per heavy atom. The van der Waals surface area contributed by atoms with Gasteiger partial charge in [0.2, 0.25) is 0 Å². The number of rotatable bonds is 3. The lowest BCUT2D eigenvalue weighted by molar-refractivity contribution is -0.138. The molecule has 6 heteroatoms. The number of halogens is 3. The van der Waals surface area contributed by atoms with Crippen LogP contribution in [0.25, 0.3) is 0 Å². The van der Waals surface area contributed by atoms with E-state index in [2.05, 4.69) is 10.1 Å². The number of ether oxygens (including phenoxy) is 1. The normalized spacial score (nSPS) is 11.1. The fraction of sp³-hybridized carbons (Fsp3) is 0.364. The molecule has 1 aromatic carbocycles. The van der Waals surface area contributed by atoms with Crippen molar-refractivity contribution in [2.75, 3.05) is 19.0 Å². The van der Waals surface area contributed by atoms with E-state index < -0.39 is 17.7 Å². The van der Waals surface area contributed by atoms with Gasteiger partial charge >= 0.3 is 12.1 Å². The third kappa shape index (κ3) is 3.97. The number of hydrogen-bond acceptors (Lipinski definition) is 3. The van der Waals surface area contributed by atoms with Gasteiger partial charge in [0.15, 0.2) is 0 Å². The minimum absolute atomic E-state index is 0.169. The number of methoxy groups -OCH3 is 1. The van der Waals surface area contributed by atoms with Crippen LogP contribution in [0.1, 0.15) is 11.1 Å². The molecular weight excluding hydrogens is 235 g/mol. The molecule has 0 aliphatic rings. The lowest BCUT2D eigenvalue weighted by Gasteiger charge is -2.11. The van der Waals surface area contributed by atoms with Crippen molar-refractivity contribution in [3.8, 4) is 0 Å². The predicted molar refractivity (Wildman–Crippen MR) is 56.7 cm³/mol. The van der Waals surface area contributed by atoms with Crippen LogP contribution in [-0.4, -0.2) is 19.6 Å². The molecule has 0 saturated heterocycles. The van der Waals surface area contributed by atoms with Crippen molar-refractivity contribution in [2.45, 2.75) is 13.1 Å². The van der Waals surface area contributed by atoms with E-state index in [1.54, 1.807) is 6.92 Å². The van der Waals surface area contributed by atoms with Crippen molar-refractivity contribution in [1.82, 2.24) is 0 Å². The van der Waals surface area contributed by atoms with E-state index in [4.69, 9.17) is 0 Å². The Morgan fingerprint density at radius 3 is 2.53 bits per heavy atom. The summed E-state index contributed by atoms with van der Waals surface area (Å²) in [6.07, 6.45) is -4.40. The second-order valence-corrected chi connectivity index (χ2v) is 3.52. The van der Waals surface area contributed by atoms with Crippen molar-refractivity contribution in [3.05, 3.63) is 29.3 Å². The molecule has 0 spiro atoms. The highest BCUT2D eigenvalue weighted by molar-refractivity contribution is 5.74. The number of nitrogens with one attached hydrogen (secondary N) is 1. The molecule has 0 aromatic heterocycles. The molecule has 1 aromatic rings. The standard InChI is InChI=1S/C11H12F3NO2/c1-7-3-8(11(12,13)14)5-9(4-7)15-6-10(16)17-2/h3-5,15H,6H2,1-2H3. The zero-order chi connectivity index (χ0) is 13.1. The molecule has 0 aliphatic heterocycles. The van der Waals surface area contributed by atoms with Crippen LogP contribution in [0.4, 0.5) is 18.9 Å². The number of hydrogen-bond donors (Lipinski definition) is 1. The SMILES string of the molecule is COC(=O)CNc1cc(C)cc(C(F)(F)F)c1. The maximum absolute atomic E-state index is 12.5. The van der Waals surface area contributed by atoms with Crippen LogP contribution in [0.2, 0.25) is 0 Å². The van der Waals surface area contributed by atoms with E-state index in [-0.39, 0.29) is 12.2 Å². The van der Waals surface area contributed by atoms with Crippen molar-refractivity contribution < 1.29 is 22.7 Å². The first-order valence-electron chi connectivity index (χ1n) is 4.82. The van der Waals surface area contributed by atoms with Gasteiger partial charge in [0.05, 0.1) is 12.7 Å². The Labute approximate surface area is 96.6 Å². The summed E-state index contributed by atoms with van der Waals surface area (Å²) in [7, 11) is 1.21. The first-order valence-corrected chi connectivity index (χ1v) is 4.82. The molecule has 0 saturated carbocycles. The second kappa shape index (κ2) is 5.07. The minimum atomic E-state index is -4.40. The van der Waals surface area contributed by atoms with E-state index in [9.17, 15) is 18.0 Å². The Morgan fingerprint density at radius 2 is 2.00 bits per heavy atom. The van der Waals surface area contributed by atoms with Gasteiger partial charge in [-0.15, -0.1) is 0 Å². The molecule has 0 bridgehead atoms. The van der Waals surface area contributed by atoms with Crippen molar-refractivity contribution in [1.29, 1.82) is 0 Å². The average Bonchev–Trinajstić information content (AvgIpc) is 2.24. The molecule has 3 nitrogen and oxygen atoms in total. The smallest absolute Gasteiger partial charge is 0.416 e. The highest BCUT2D eigenvalue weighted by Gasteiger charge is 2.30. The van der Waals surface area contributed by atoms with E-state index in [0.29, 0.717) is 5.56 Å². The minimum Gasteiger partial charge on any atom is -0.468 e. The maximum atomic E-state index is 12.5. The van der Waals surface area contributed by atoms with Gasteiger partial charge in [-0.25, -0.2) is 0 Å². The van der Waals surface area contributed by atoms with E-state index >= 15 is 0 Å². The first kappa shape index (κ1) is 13.3. The zero-order valence-electron chi connectivity index (χ0n) is 9.39. The Kier molecular flexibility index (Phi) is 3.98. The third-order valence-corrected chi connectivity index (χ3v) is 2.07. The van der Waals surface area contributed by atoms with Gasteiger partial charge in [0, 0.05) is 5.69 Å². The Balaban J connectivity index is 2.87. The molecule has 0 heterocycles. The molecule has 0 aliphatic carbocycles. The summed E-state index contributed by atoms with van der Waals surface area (Å²) in [4.78, 5) is 10.8. The fourth-order valence-corrected chi connectivity index (χ4v) is 1.30. The van der Waals surface area contributed by atoms with Gasteiger partial charge in [-0.05, 0) is 30.7 Å². The second-order valence-electron chi connectivity index (χ2n) is 3.52. The predicted octanol–water partition coefficient (Wildman–Crippen LogP) is 2.60. The van der Waals surface area contributed by atoms with Crippen LogP contribution in [0.5, 0.6) is 0 Å². The number of aryl methyl sites for hydroxylation is 1. The fourth-order valence-electron chi connectivity index (χ4n) is 1.30. The first-order chi connectivity index (χ1) is 7.82. The zero-order valence-corrected chi connectivity index (χ0v) is 9.39. The van der Waals surface area contributed by atoms with Gasteiger partial charge < -0.3 is 10.1 Å². The van der Waals surface area contributed by atoms with Crippen LogP contribution in [0, 0.1) is 6.92 Å². The summed E-state index contributed by atoms with van der Waals surface area (Å²) in [5, 5.41) is 2.57. The van der Waals surface area contributed by atoms with Crippen molar-refractivity contribution in [2.24, 2.45) is 0 Å². The van der Waals surface area contributed by atoms with E-state index in [1.165, 1.54) is 13.2 Å². The summed E-state index contributed by atoms with van der Waals surface area (Å²) in [5.41, 5.74) is -0.0419. The lowest BCUT2D eigenvalue weighted by Crippen LogP contribution is -2.15. The Bertz CT molecular complexity index is 416. The van der Waals surface area contributed by atoms with Crippen molar-refractivity contribution >= 4 is 11.7 Å². The monoisotopic (exact) mass is 247 g/mol. The number of carbonyl (C=O) groups is 1. The summed E-state index contributed by atoms with van der Waals surface area (Å²) < 4.78 is 41.9. The van der Waals surface area contributed by atoms with Crippen LogP contribution in [-0.2, 0) is 15.7 Å². The van der Waals surface area contributed by atoms with Gasteiger partial charge in [-0.1, -0.05) is 0 Å². The summed E-state index contributed by atoms with van der Waals surface area (Å²) in [6.45, 7) is 1.38. The highest BCUT2D eigenvalue weighted by Crippen LogP contribution is 2.31. The Hall–Kier alpha value is -1.72. The highest BCUT2D eigenvalue weighted by atomic mass is 19.4. The van der Waals surface area contributed by atoms with Crippen LogP contribution in [0.3, 0.4) is 0 Å². The number of anilines is 1. The molecular formula is C11H12F3NO2. The average molecular weight is 247 g/mol. The number of carbonyl (C=O) groups excluding carboxylic acids is 1. The summed E-state index contributed by atoms with van der Waals surface area (Å²) in [5.74, 6) is -0.542. The van der Waals surface area contributed by atoms with Crippen LogP contribution < -0.4 is 5.32 Å². The number of alkyl halides is 3. The third-order valence-electron chi connectivity index (χ3n) is 2.07. The number of esters is 1. The molecule has 1 rings (SSSR count). The summed E-state index contributed by atoms with van der Waals surface area (Å²) in [6, 6.07) is 3.53. The molecule has 0 fully saturated rings. The lowest BCUT2D eigenvalue weighted by atomic mass is 10.1. The van der Waals surface area contributed by atoms with E-state index in [1.807, 2.05) is 0 Å². The molecule has 0 radical (unpaired) electrons. The van der Waals surface area contributed by atoms with Gasteiger partial charge in [-0.3, -0.25) is 4.79 Å². The van der Waals surface area contributed by atoms with E-state index in [0.717, 1.165) is 12.1 Å². The van der Waals surface area contributed by atoms with Gasteiger partial charge in [0.1, 0.15) is 6.54 Å². The number of benzene rings is 1. The summed E-state index contributed by atoms with van der Waals surface area (Å²) >= 11 is 0. The topological polar surface area (TPSA) is 38.3 Å². The van der Waals surface area contributed by atoms with Crippen molar-refractivity contribution in [3.63, 3.8) is 0 Å². The molecule has 0 unspecified atom stereocenters. The molecule has 1 N–H and O–H groups in total. The maximum Gasteiger partial charge on any atom is 0.416 e. The van der Waals surface area contributed by atoms with Gasteiger partial charge in [0.25, 0.3) is 0 Å². The molecule has 94 valence electrons. The largest absolute Gasteiger partial charge is 0.468 e.